The number of aromatic nitrogens is 1. The van der Waals surface area contributed by atoms with Crippen molar-refractivity contribution < 1.29 is 9.53 Å². The van der Waals surface area contributed by atoms with Gasteiger partial charge in [0.2, 0.25) is 0 Å². The van der Waals surface area contributed by atoms with E-state index in [1.165, 1.54) is 12.3 Å². The number of halogens is 1. The second-order valence-corrected chi connectivity index (χ2v) is 5.83. The van der Waals surface area contributed by atoms with E-state index < -0.39 is 5.56 Å². The summed E-state index contributed by atoms with van der Waals surface area (Å²) in [5.74, 6) is -0.247. The summed E-state index contributed by atoms with van der Waals surface area (Å²) in [4.78, 5) is 30.7. The Morgan fingerprint density at radius 3 is 2.73 bits per heavy atom. The van der Waals surface area contributed by atoms with Crippen LogP contribution in [0.3, 0.4) is 0 Å². The number of aromatic amines is 1. The number of hydrogen-bond acceptors (Lipinski definition) is 4. The van der Waals surface area contributed by atoms with Gasteiger partial charge in [0.05, 0.1) is 5.02 Å². The molecule has 0 radical (unpaired) electrons. The number of carbonyl (C=O) groups excluding carboxylic acids is 1. The lowest BCUT2D eigenvalue weighted by molar-refractivity contribution is 0.0630. The number of pyridine rings is 1. The zero-order valence-corrected chi connectivity index (χ0v) is 13.6. The molecule has 1 saturated heterocycles. The van der Waals surface area contributed by atoms with Gasteiger partial charge in [-0.25, -0.2) is 0 Å². The predicted octanol–water partition coefficient (Wildman–Crippen LogP) is 1.21. The molecule has 6 nitrogen and oxygen atoms in total. The van der Waals surface area contributed by atoms with Crippen molar-refractivity contribution in [1.29, 1.82) is 0 Å². The molecule has 1 fully saturated rings. The number of H-pyrrole nitrogens is 1. The van der Waals surface area contributed by atoms with Crippen molar-refractivity contribution in [1.82, 2.24) is 14.8 Å². The first-order valence-electron chi connectivity index (χ1n) is 7.50. The lowest BCUT2D eigenvalue weighted by atomic mass is 10.2. The fourth-order valence-corrected chi connectivity index (χ4v) is 2.71. The monoisotopic (exact) mass is 327 g/mol. The molecule has 1 N–H and O–H groups in total. The first-order chi connectivity index (χ1) is 10.6. The van der Waals surface area contributed by atoms with Crippen LogP contribution in [0.25, 0.3) is 0 Å². The van der Waals surface area contributed by atoms with E-state index in [1.807, 2.05) is 0 Å². The van der Waals surface area contributed by atoms with Gasteiger partial charge in [-0.05, 0) is 25.5 Å². The van der Waals surface area contributed by atoms with Crippen molar-refractivity contribution in [3.63, 3.8) is 0 Å². The Bertz CT molecular complexity index is 553. The molecule has 0 aromatic carbocycles. The molecule has 122 valence electrons. The molecule has 1 aliphatic rings. The second kappa shape index (κ2) is 8.31. The number of nitrogens with zero attached hydrogens (tertiary/aromatic N) is 2. The molecule has 1 aliphatic heterocycles. The summed E-state index contributed by atoms with van der Waals surface area (Å²) in [6, 6.07) is 1.43. The SMILES string of the molecule is COCCCCN1CCN(C(=O)c2cc(Cl)c[nH]c2=O)CC1. The van der Waals surface area contributed by atoms with Gasteiger partial charge in [0.25, 0.3) is 11.5 Å². The summed E-state index contributed by atoms with van der Waals surface area (Å²) in [5.41, 5.74) is -0.280. The van der Waals surface area contributed by atoms with Crippen molar-refractivity contribution in [2.24, 2.45) is 0 Å². The molecule has 0 saturated carbocycles. The topological polar surface area (TPSA) is 65.6 Å². The van der Waals surface area contributed by atoms with Gasteiger partial charge < -0.3 is 14.6 Å². The highest BCUT2D eigenvalue weighted by molar-refractivity contribution is 6.30. The fraction of sp³-hybridized carbons (Fsp3) is 0.600. The number of carbonyl (C=O) groups is 1. The smallest absolute Gasteiger partial charge is 0.260 e. The number of rotatable bonds is 6. The Kier molecular flexibility index (Phi) is 6.42. The van der Waals surface area contributed by atoms with E-state index in [4.69, 9.17) is 16.3 Å². The summed E-state index contributed by atoms with van der Waals surface area (Å²) in [7, 11) is 1.71. The van der Waals surface area contributed by atoms with Crippen LogP contribution in [0.4, 0.5) is 0 Å². The third-order valence-corrected chi connectivity index (χ3v) is 4.05. The third kappa shape index (κ3) is 4.56. The van der Waals surface area contributed by atoms with E-state index in [2.05, 4.69) is 9.88 Å². The van der Waals surface area contributed by atoms with Crippen LogP contribution in [-0.4, -0.2) is 67.1 Å². The van der Waals surface area contributed by atoms with Crippen molar-refractivity contribution in [2.75, 3.05) is 46.4 Å². The highest BCUT2D eigenvalue weighted by atomic mass is 35.5. The maximum absolute atomic E-state index is 12.4. The van der Waals surface area contributed by atoms with Gasteiger partial charge in [0, 0.05) is 46.1 Å². The van der Waals surface area contributed by atoms with Gasteiger partial charge in [-0.1, -0.05) is 11.6 Å². The predicted molar refractivity (Wildman–Crippen MR) is 85.5 cm³/mol. The van der Waals surface area contributed by atoms with Crippen LogP contribution in [0, 0.1) is 0 Å². The number of piperazine rings is 1. The average Bonchev–Trinajstić information content (AvgIpc) is 2.54. The van der Waals surface area contributed by atoms with Crippen LogP contribution in [0.15, 0.2) is 17.1 Å². The molecule has 1 aromatic heterocycles. The van der Waals surface area contributed by atoms with Crippen molar-refractivity contribution in [3.8, 4) is 0 Å². The summed E-state index contributed by atoms with van der Waals surface area (Å²) < 4.78 is 5.03. The Morgan fingerprint density at radius 1 is 1.32 bits per heavy atom. The Hall–Kier alpha value is -1.37. The van der Waals surface area contributed by atoms with E-state index in [1.54, 1.807) is 12.0 Å². The molecule has 0 bridgehead atoms. The lowest BCUT2D eigenvalue weighted by Crippen LogP contribution is -2.49. The number of unbranched alkanes of at least 4 members (excludes halogenated alkanes) is 1. The van der Waals surface area contributed by atoms with Gasteiger partial charge in [-0.2, -0.15) is 0 Å². The summed E-state index contributed by atoms with van der Waals surface area (Å²) >= 11 is 5.85. The molecular weight excluding hydrogens is 306 g/mol. The van der Waals surface area contributed by atoms with Crippen LogP contribution in [0.5, 0.6) is 0 Å². The average molecular weight is 328 g/mol. The van der Waals surface area contributed by atoms with Crippen LogP contribution < -0.4 is 5.56 Å². The van der Waals surface area contributed by atoms with Crippen molar-refractivity contribution in [2.45, 2.75) is 12.8 Å². The number of methoxy groups -OCH3 is 1. The largest absolute Gasteiger partial charge is 0.385 e. The summed E-state index contributed by atoms with van der Waals surface area (Å²) in [6.07, 6.45) is 3.53. The maximum atomic E-state index is 12.4. The first kappa shape index (κ1) is 17.0. The van der Waals surface area contributed by atoms with Crippen molar-refractivity contribution >= 4 is 17.5 Å². The standard InChI is InChI=1S/C15H22ClN3O3/c1-22-9-3-2-4-18-5-7-19(8-6-18)15(21)13-10-12(16)11-17-14(13)20/h10-11H,2-9H2,1H3,(H,17,20). The molecule has 1 aromatic rings. The molecule has 2 rings (SSSR count). The zero-order chi connectivity index (χ0) is 15.9. The van der Waals surface area contributed by atoms with Crippen molar-refractivity contribution in [3.05, 3.63) is 33.2 Å². The number of amides is 1. The highest BCUT2D eigenvalue weighted by Crippen LogP contribution is 2.10. The Labute approximate surface area is 135 Å². The molecule has 1 amide bonds. The molecular formula is C15H22ClN3O3. The van der Waals surface area contributed by atoms with Gasteiger partial charge in [-0.15, -0.1) is 0 Å². The molecule has 0 unspecified atom stereocenters. The maximum Gasteiger partial charge on any atom is 0.260 e. The van der Waals surface area contributed by atoms with Crippen LogP contribution >= 0.6 is 11.6 Å². The quantitative estimate of drug-likeness (QED) is 0.798. The van der Waals surface area contributed by atoms with Gasteiger partial charge in [0.15, 0.2) is 0 Å². The van der Waals surface area contributed by atoms with Gasteiger partial charge in [0.1, 0.15) is 5.56 Å². The normalized spacial score (nSPS) is 16.0. The van der Waals surface area contributed by atoms with Crippen LogP contribution in [0.1, 0.15) is 23.2 Å². The Balaban J connectivity index is 1.85. The second-order valence-electron chi connectivity index (χ2n) is 5.39. The van der Waals surface area contributed by atoms with E-state index in [-0.39, 0.29) is 11.5 Å². The first-order valence-corrected chi connectivity index (χ1v) is 7.88. The summed E-state index contributed by atoms with van der Waals surface area (Å²) in [6.45, 7) is 4.73. The van der Waals surface area contributed by atoms with E-state index >= 15 is 0 Å². The molecule has 0 spiro atoms. The van der Waals surface area contributed by atoms with E-state index in [0.717, 1.165) is 39.1 Å². The minimum absolute atomic E-state index is 0.112. The fourth-order valence-electron chi connectivity index (χ4n) is 2.54. The molecule has 22 heavy (non-hydrogen) atoms. The van der Waals surface area contributed by atoms with Crippen LogP contribution in [0.2, 0.25) is 5.02 Å². The number of hydrogen-bond donors (Lipinski definition) is 1. The molecule has 7 heteroatoms. The molecule has 0 atom stereocenters. The minimum Gasteiger partial charge on any atom is -0.385 e. The van der Waals surface area contributed by atoms with Gasteiger partial charge >= 0.3 is 0 Å². The molecule has 2 heterocycles. The number of ether oxygens (including phenoxy) is 1. The highest BCUT2D eigenvalue weighted by Gasteiger charge is 2.23. The summed E-state index contributed by atoms with van der Waals surface area (Å²) in [5, 5.41) is 0.361. The van der Waals surface area contributed by atoms with Crippen LogP contribution in [-0.2, 0) is 4.74 Å². The molecule has 0 aliphatic carbocycles. The third-order valence-electron chi connectivity index (χ3n) is 3.83. The zero-order valence-electron chi connectivity index (χ0n) is 12.8. The van der Waals surface area contributed by atoms with E-state index in [0.29, 0.717) is 18.1 Å². The van der Waals surface area contributed by atoms with E-state index in [9.17, 15) is 9.59 Å². The Morgan fingerprint density at radius 2 is 2.05 bits per heavy atom. The lowest BCUT2D eigenvalue weighted by Gasteiger charge is -2.34. The minimum atomic E-state index is -0.392. The van der Waals surface area contributed by atoms with Gasteiger partial charge in [-0.3, -0.25) is 14.5 Å². The number of nitrogens with one attached hydrogen (secondary N) is 1.